The molecule has 1 heterocycles. The van der Waals surface area contributed by atoms with E-state index in [1.165, 1.54) is 5.56 Å². The highest BCUT2D eigenvalue weighted by Gasteiger charge is 2.14. The van der Waals surface area contributed by atoms with Crippen molar-refractivity contribution in [2.75, 3.05) is 0 Å². The number of hydrogen-bond acceptors (Lipinski definition) is 4. The third kappa shape index (κ3) is 5.98. The number of benzene rings is 2. The lowest BCUT2D eigenvalue weighted by molar-refractivity contribution is -0.120. The number of aryl methyl sites for hydroxylation is 3. The average molecular weight is 446 g/mol. The predicted octanol–water partition coefficient (Wildman–Crippen LogP) is 4.97. The van der Waals surface area contributed by atoms with Crippen LogP contribution in [0.2, 0.25) is 0 Å². The van der Waals surface area contributed by atoms with E-state index in [1.807, 2.05) is 82.5 Å². The topological polar surface area (TPSA) is 72.7 Å². The van der Waals surface area contributed by atoms with Gasteiger partial charge in [-0.1, -0.05) is 29.8 Å². The maximum Gasteiger partial charge on any atom is 0.338 e. The van der Waals surface area contributed by atoms with Gasteiger partial charge in [-0.15, -0.1) is 0 Å². The molecule has 0 aliphatic rings. The van der Waals surface area contributed by atoms with Crippen LogP contribution in [0.3, 0.4) is 0 Å². The molecule has 0 bridgehead atoms. The van der Waals surface area contributed by atoms with Crippen molar-refractivity contribution in [2.45, 2.75) is 54.1 Å². The molecular weight excluding hydrogens is 414 g/mol. The molecule has 0 fully saturated rings. The van der Waals surface area contributed by atoms with Gasteiger partial charge in [0, 0.05) is 22.6 Å². The Balaban J connectivity index is 1.73. The standard InChI is InChI=1S/C27H31N3O3/c1-17(2)33-27(32)23-8-7-9-25(14-23)30-20(5)13-24(21(30)6)16-28-29-26(31)15-22-11-10-18(3)12-19(22)4/h7-14,16-17H,15H2,1-6H3,(H,29,31)/b28-16+. The summed E-state index contributed by atoms with van der Waals surface area (Å²) in [6.07, 6.45) is 1.75. The summed E-state index contributed by atoms with van der Waals surface area (Å²) in [6, 6.07) is 15.4. The number of rotatable bonds is 7. The lowest BCUT2D eigenvalue weighted by Crippen LogP contribution is -2.20. The Morgan fingerprint density at radius 1 is 1.06 bits per heavy atom. The molecule has 0 atom stereocenters. The van der Waals surface area contributed by atoms with E-state index in [2.05, 4.69) is 16.6 Å². The van der Waals surface area contributed by atoms with Crippen molar-refractivity contribution in [1.82, 2.24) is 9.99 Å². The van der Waals surface area contributed by atoms with E-state index >= 15 is 0 Å². The van der Waals surface area contributed by atoms with Crippen LogP contribution in [-0.4, -0.2) is 28.8 Å². The summed E-state index contributed by atoms with van der Waals surface area (Å²) in [5.74, 6) is -0.508. The first-order valence-corrected chi connectivity index (χ1v) is 11.0. The molecule has 33 heavy (non-hydrogen) atoms. The number of carbonyl (C=O) groups is 2. The molecule has 1 N–H and O–H groups in total. The number of esters is 1. The second kappa shape index (κ2) is 10.3. The van der Waals surface area contributed by atoms with E-state index in [0.29, 0.717) is 5.56 Å². The second-order valence-corrected chi connectivity index (χ2v) is 8.57. The van der Waals surface area contributed by atoms with Crippen LogP contribution < -0.4 is 5.43 Å². The molecule has 0 aliphatic heterocycles. The molecule has 1 amide bonds. The van der Waals surface area contributed by atoms with Crippen LogP contribution in [0, 0.1) is 27.7 Å². The number of carbonyl (C=O) groups excluding carboxylic acids is 2. The van der Waals surface area contributed by atoms with Crippen molar-refractivity contribution < 1.29 is 14.3 Å². The molecule has 0 saturated carbocycles. The number of nitrogens with one attached hydrogen (secondary N) is 1. The van der Waals surface area contributed by atoms with Crippen LogP contribution in [-0.2, 0) is 16.0 Å². The van der Waals surface area contributed by atoms with Gasteiger partial charge in [-0.2, -0.15) is 5.10 Å². The van der Waals surface area contributed by atoms with E-state index in [-0.39, 0.29) is 24.4 Å². The molecule has 6 nitrogen and oxygen atoms in total. The molecule has 0 aliphatic carbocycles. The maximum atomic E-state index is 12.3. The average Bonchev–Trinajstić information content (AvgIpc) is 3.03. The number of ether oxygens (including phenoxy) is 1. The van der Waals surface area contributed by atoms with E-state index in [0.717, 1.165) is 33.8 Å². The van der Waals surface area contributed by atoms with E-state index < -0.39 is 0 Å². The van der Waals surface area contributed by atoms with Crippen LogP contribution in [0.4, 0.5) is 0 Å². The highest BCUT2D eigenvalue weighted by Crippen LogP contribution is 2.21. The van der Waals surface area contributed by atoms with Crippen LogP contribution >= 0.6 is 0 Å². The number of nitrogens with zero attached hydrogens (tertiary/aromatic N) is 2. The van der Waals surface area contributed by atoms with Crippen molar-refractivity contribution in [1.29, 1.82) is 0 Å². The Morgan fingerprint density at radius 3 is 2.52 bits per heavy atom. The predicted molar refractivity (Wildman–Crippen MR) is 131 cm³/mol. The van der Waals surface area contributed by atoms with Gasteiger partial charge in [-0.3, -0.25) is 4.79 Å². The molecule has 172 valence electrons. The first kappa shape index (κ1) is 24.0. The van der Waals surface area contributed by atoms with Gasteiger partial charge in [-0.05, 0) is 76.9 Å². The summed E-state index contributed by atoms with van der Waals surface area (Å²) >= 11 is 0. The van der Waals surface area contributed by atoms with E-state index in [1.54, 1.807) is 12.3 Å². The van der Waals surface area contributed by atoms with Gasteiger partial charge in [0.05, 0.1) is 24.3 Å². The zero-order chi connectivity index (χ0) is 24.1. The minimum Gasteiger partial charge on any atom is -0.459 e. The Bertz CT molecular complexity index is 1210. The monoisotopic (exact) mass is 445 g/mol. The number of hydrogen-bond donors (Lipinski definition) is 1. The maximum absolute atomic E-state index is 12.3. The zero-order valence-electron chi connectivity index (χ0n) is 20.1. The molecule has 3 rings (SSSR count). The first-order valence-electron chi connectivity index (χ1n) is 11.0. The highest BCUT2D eigenvalue weighted by atomic mass is 16.5. The molecule has 0 unspecified atom stereocenters. The minimum absolute atomic E-state index is 0.164. The first-order chi connectivity index (χ1) is 15.7. The fourth-order valence-electron chi connectivity index (χ4n) is 3.80. The molecule has 1 aromatic heterocycles. The molecule has 2 aromatic carbocycles. The Labute approximate surface area is 195 Å². The third-order valence-electron chi connectivity index (χ3n) is 5.40. The van der Waals surface area contributed by atoms with Crippen LogP contribution in [0.5, 0.6) is 0 Å². The van der Waals surface area contributed by atoms with Crippen molar-refractivity contribution in [3.05, 3.63) is 87.7 Å². The van der Waals surface area contributed by atoms with E-state index in [4.69, 9.17) is 4.74 Å². The van der Waals surface area contributed by atoms with Crippen molar-refractivity contribution in [3.8, 4) is 5.69 Å². The number of aromatic nitrogens is 1. The molecule has 0 radical (unpaired) electrons. The Hall–Kier alpha value is -3.67. The number of hydrazone groups is 1. The lowest BCUT2D eigenvalue weighted by atomic mass is 10.0. The zero-order valence-corrected chi connectivity index (χ0v) is 20.1. The summed E-state index contributed by atoms with van der Waals surface area (Å²) in [5, 5.41) is 4.16. The minimum atomic E-state index is -0.345. The van der Waals surface area contributed by atoms with Crippen molar-refractivity contribution >= 4 is 18.1 Å². The van der Waals surface area contributed by atoms with Gasteiger partial charge >= 0.3 is 5.97 Å². The van der Waals surface area contributed by atoms with Gasteiger partial charge in [0.15, 0.2) is 0 Å². The van der Waals surface area contributed by atoms with Gasteiger partial charge in [0.2, 0.25) is 5.91 Å². The molecule has 3 aromatic rings. The van der Waals surface area contributed by atoms with Gasteiger partial charge in [0.25, 0.3) is 0 Å². The second-order valence-electron chi connectivity index (χ2n) is 8.57. The summed E-state index contributed by atoms with van der Waals surface area (Å²) in [4.78, 5) is 24.6. The molecule has 0 saturated heterocycles. The Kier molecular flexibility index (Phi) is 7.48. The Morgan fingerprint density at radius 2 is 1.82 bits per heavy atom. The largest absolute Gasteiger partial charge is 0.459 e. The van der Waals surface area contributed by atoms with Crippen molar-refractivity contribution in [2.24, 2.45) is 5.10 Å². The lowest BCUT2D eigenvalue weighted by Gasteiger charge is -2.12. The molecule has 0 spiro atoms. The van der Waals surface area contributed by atoms with Gasteiger partial charge in [0.1, 0.15) is 0 Å². The molecule has 6 heteroatoms. The SMILES string of the molecule is Cc1ccc(CC(=O)N/N=C/c2cc(C)n(-c3cccc(C(=O)OC(C)C)c3)c2C)c(C)c1. The fourth-order valence-corrected chi connectivity index (χ4v) is 3.80. The third-order valence-corrected chi connectivity index (χ3v) is 5.40. The van der Waals surface area contributed by atoms with Crippen LogP contribution in [0.25, 0.3) is 5.69 Å². The smallest absolute Gasteiger partial charge is 0.338 e. The quantitative estimate of drug-likeness (QED) is 0.317. The summed E-state index contributed by atoms with van der Waals surface area (Å²) in [5.41, 5.74) is 10.1. The van der Waals surface area contributed by atoms with Gasteiger partial charge < -0.3 is 9.30 Å². The summed E-state index contributed by atoms with van der Waals surface area (Å²) in [7, 11) is 0. The highest BCUT2D eigenvalue weighted by molar-refractivity contribution is 5.90. The number of amides is 1. The summed E-state index contributed by atoms with van der Waals surface area (Å²) < 4.78 is 7.36. The van der Waals surface area contributed by atoms with Crippen LogP contribution in [0.15, 0.2) is 53.6 Å². The fraction of sp³-hybridized carbons (Fsp3) is 0.296. The van der Waals surface area contributed by atoms with Crippen molar-refractivity contribution in [3.63, 3.8) is 0 Å². The van der Waals surface area contributed by atoms with E-state index in [9.17, 15) is 9.59 Å². The van der Waals surface area contributed by atoms with Gasteiger partial charge in [-0.25, -0.2) is 10.2 Å². The summed E-state index contributed by atoms with van der Waals surface area (Å²) in [6.45, 7) is 11.7. The van der Waals surface area contributed by atoms with Crippen LogP contribution in [0.1, 0.15) is 57.8 Å². The molecular formula is C27H31N3O3. The normalized spacial score (nSPS) is 11.2.